The summed E-state index contributed by atoms with van der Waals surface area (Å²) in [6, 6.07) is 19.6. The summed E-state index contributed by atoms with van der Waals surface area (Å²) in [5.74, 6) is -1.21. The number of benzene rings is 3. The molecule has 202 valence electrons. The molecule has 9 heteroatoms. The van der Waals surface area contributed by atoms with Gasteiger partial charge < -0.3 is 10.1 Å². The first kappa shape index (κ1) is 26.5. The van der Waals surface area contributed by atoms with Gasteiger partial charge in [0.05, 0.1) is 11.6 Å². The molecule has 1 aromatic heterocycles. The standard InChI is InChI=1S/C30H32FN5O3/c1-20(2)21-13-15-22(16-14-21)36(28(37)19-35-27-12-6-5-11-26(27)33-34-35)29(24-9-3-4-10-25(24)31)30(38)32-18-23-8-7-17-39-23/h3-6,9-16,20,23,29H,7-8,17-19H2,1-2H3,(H,32,38)/t23-,29-/m1/s1. The predicted octanol–water partition coefficient (Wildman–Crippen LogP) is 4.76. The molecule has 1 fully saturated rings. The Balaban J connectivity index is 1.55. The number of aromatic nitrogens is 3. The van der Waals surface area contributed by atoms with Crippen LogP contribution < -0.4 is 10.2 Å². The Morgan fingerprint density at radius 2 is 1.82 bits per heavy atom. The minimum absolute atomic E-state index is 0.104. The summed E-state index contributed by atoms with van der Waals surface area (Å²) in [5, 5.41) is 11.2. The van der Waals surface area contributed by atoms with E-state index in [1.165, 1.54) is 15.6 Å². The van der Waals surface area contributed by atoms with Gasteiger partial charge in [0.2, 0.25) is 11.8 Å². The molecule has 0 spiro atoms. The number of ether oxygens (including phenoxy) is 1. The van der Waals surface area contributed by atoms with Gasteiger partial charge in [-0.15, -0.1) is 5.10 Å². The number of hydrogen-bond acceptors (Lipinski definition) is 5. The van der Waals surface area contributed by atoms with E-state index in [9.17, 15) is 9.59 Å². The van der Waals surface area contributed by atoms with Gasteiger partial charge in [-0.05, 0) is 54.7 Å². The molecule has 0 aliphatic carbocycles. The Kier molecular flexibility index (Phi) is 7.97. The van der Waals surface area contributed by atoms with E-state index in [1.54, 1.807) is 30.3 Å². The number of fused-ring (bicyclic) bond motifs is 1. The number of anilines is 1. The molecule has 0 unspecified atom stereocenters. The van der Waals surface area contributed by atoms with Crippen molar-refractivity contribution in [2.45, 2.75) is 51.3 Å². The third-order valence-corrected chi connectivity index (χ3v) is 7.05. The smallest absolute Gasteiger partial charge is 0.249 e. The Labute approximate surface area is 226 Å². The molecule has 0 bridgehead atoms. The molecule has 5 rings (SSSR count). The summed E-state index contributed by atoms with van der Waals surface area (Å²) in [6.45, 7) is 4.90. The van der Waals surface area contributed by atoms with Crippen LogP contribution in [0, 0.1) is 5.82 Å². The zero-order valence-electron chi connectivity index (χ0n) is 22.1. The molecular weight excluding hydrogens is 497 g/mol. The van der Waals surface area contributed by atoms with Gasteiger partial charge in [-0.2, -0.15) is 0 Å². The SMILES string of the molecule is CC(C)c1ccc(N(C(=O)Cn2nnc3ccccc32)[C@@H](C(=O)NC[C@H]2CCCO2)c2ccccc2F)cc1. The van der Waals surface area contributed by atoms with Crippen LogP contribution in [0.3, 0.4) is 0 Å². The van der Waals surface area contributed by atoms with Crippen molar-refractivity contribution in [2.75, 3.05) is 18.1 Å². The maximum atomic E-state index is 15.3. The number of carbonyl (C=O) groups excluding carboxylic acids is 2. The molecule has 0 radical (unpaired) electrons. The number of hydrogen-bond donors (Lipinski definition) is 1. The summed E-state index contributed by atoms with van der Waals surface area (Å²) in [7, 11) is 0. The number of para-hydroxylation sites is 1. The third kappa shape index (κ3) is 5.83. The Morgan fingerprint density at radius 1 is 1.08 bits per heavy atom. The fraction of sp³-hybridized carbons (Fsp3) is 0.333. The van der Waals surface area contributed by atoms with Crippen molar-refractivity contribution in [1.82, 2.24) is 20.3 Å². The first-order chi connectivity index (χ1) is 18.9. The van der Waals surface area contributed by atoms with Crippen LogP contribution in [0.4, 0.5) is 10.1 Å². The van der Waals surface area contributed by atoms with Crippen LogP contribution in [-0.4, -0.2) is 46.1 Å². The Morgan fingerprint density at radius 3 is 2.54 bits per heavy atom. The van der Waals surface area contributed by atoms with Crippen molar-refractivity contribution in [3.8, 4) is 0 Å². The molecule has 2 heterocycles. The van der Waals surface area contributed by atoms with Crippen molar-refractivity contribution in [3.05, 3.63) is 89.7 Å². The largest absolute Gasteiger partial charge is 0.376 e. The highest BCUT2D eigenvalue weighted by Gasteiger charge is 2.35. The van der Waals surface area contributed by atoms with Crippen LogP contribution in [0.15, 0.2) is 72.8 Å². The van der Waals surface area contributed by atoms with Crippen molar-refractivity contribution in [2.24, 2.45) is 0 Å². The van der Waals surface area contributed by atoms with Crippen LogP contribution in [0.25, 0.3) is 11.0 Å². The lowest BCUT2D eigenvalue weighted by Crippen LogP contribution is -2.47. The van der Waals surface area contributed by atoms with Gasteiger partial charge in [-0.25, -0.2) is 9.07 Å². The molecule has 1 N–H and O–H groups in total. The molecular formula is C30H32FN5O3. The van der Waals surface area contributed by atoms with Crippen LogP contribution in [0.1, 0.15) is 49.8 Å². The van der Waals surface area contributed by atoms with Gasteiger partial charge in [0.1, 0.15) is 23.9 Å². The van der Waals surface area contributed by atoms with E-state index in [4.69, 9.17) is 4.74 Å². The zero-order valence-corrected chi connectivity index (χ0v) is 22.1. The van der Waals surface area contributed by atoms with Crippen molar-refractivity contribution in [1.29, 1.82) is 0 Å². The summed E-state index contributed by atoms with van der Waals surface area (Å²) < 4.78 is 22.4. The summed E-state index contributed by atoms with van der Waals surface area (Å²) >= 11 is 0. The average molecular weight is 530 g/mol. The molecule has 1 aliphatic heterocycles. The van der Waals surface area contributed by atoms with Crippen molar-refractivity contribution >= 4 is 28.5 Å². The van der Waals surface area contributed by atoms with Crippen LogP contribution >= 0.6 is 0 Å². The molecule has 1 saturated heterocycles. The van der Waals surface area contributed by atoms with Gasteiger partial charge in [0.25, 0.3) is 0 Å². The summed E-state index contributed by atoms with van der Waals surface area (Å²) in [5.41, 5.74) is 3.00. The van der Waals surface area contributed by atoms with Crippen LogP contribution in [0.2, 0.25) is 0 Å². The van der Waals surface area contributed by atoms with Gasteiger partial charge in [0, 0.05) is 24.4 Å². The molecule has 0 saturated carbocycles. The van der Waals surface area contributed by atoms with E-state index in [-0.39, 0.29) is 30.7 Å². The predicted molar refractivity (Wildman–Crippen MR) is 147 cm³/mol. The van der Waals surface area contributed by atoms with E-state index in [2.05, 4.69) is 29.5 Å². The second-order valence-electron chi connectivity index (χ2n) is 10.1. The zero-order chi connectivity index (χ0) is 27.4. The van der Waals surface area contributed by atoms with Crippen molar-refractivity contribution in [3.63, 3.8) is 0 Å². The molecule has 39 heavy (non-hydrogen) atoms. The molecule has 8 nitrogen and oxygen atoms in total. The van der Waals surface area contributed by atoms with Gasteiger partial charge >= 0.3 is 0 Å². The highest BCUT2D eigenvalue weighted by Crippen LogP contribution is 2.31. The minimum atomic E-state index is -1.25. The first-order valence-corrected chi connectivity index (χ1v) is 13.3. The van der Waals surface area contributed by atoms with E-state index in [0.717, 1.165) is 18.4 Å². The summed E-state index contributed by atoms with van der Waals surface area (Å²) in [6.07, 6.45) is 1.66. The van der Waals surface area contributed by atoms with Gasteiger partial charge in [0.15, 0.2) is 0 Å². The van der Waals surface area contributed by atoms with Crippen molar-refractivity contribution < 1.29 is 18.7 Å². The van der Waals surface area contributed by atoms with Crippen LogP contribution in [-0.2, 0) is 20.9 Å². The third-order valence-electron chi connectivity index (χ3n) is 7.05. The Hall–Kier alpha value is -4.11. The number of nitrogens with one attached hydrogen (secondary N) is 1. The van der Waals surface area contributed by atoms with E-state index < -0.39 is 23.7 Å². The number of amides is 2. The Bertz CT molecular complexity index is 1450. The number of carbonyl (C=O) groups is 2. The lowest BCUT2D eigenvalue weighted by atomic mass is 10.00. The highest BCUT2D eigenvalue weighted by molar-refractivity contribution is 6.01. The fourth-order valence-corrected chi connectivity index (χ4v) is 4.91. The maximum absolute atomic E-state index is 15.3. The maximum Gasteiger partial charge on any atom is 0.249 e. The van der Waals surface area contributed by atoms with E-state index >= 15 is 4.39 Å². The van der Waals surface area contributed by atoms with Gasteiger partial charge in [-0.3, -0.25) is 14.5 Å². The second kappa shape index (κ2) is 11.7. The molecule has 2 amide bonds. The average Bonchev–Trinajstić information content (AvgIpc) is 3.61. The minimum Gasteiger partial charge on any atom is -0.376 e. The van der Waals surface area contributed by atoms with E-state index in [0.29, 0.717) is 23.3 Å². The topological polar surface area (TPSA) is 89.4 Å². The number of nitrogens with zero attached hydrogens (tertiary/aromatic N) is 4. The molecule has 2 atom stereocenters. The molecule has 1 aliphatic rings. The molecule has 3 aromatic carbocycles. The summed E-state index contributed by atoms with van der Waals surface area (Å²) in [4.78, 5) is 29.2. The molecule has 4 aromatic rings. The fourth-order valence-electron chi connectivity index (χ4n) is 4.91. The lowest BCUT2D eigenvalue weighted by molar-refractivity contribution is -0.127. The second-order valence-corrected chi connectivity index (χ2v) is 10.1. The monoisotopic (exact) mass is 529 g/mol. The quantitative estimate of drug-likeness (QED) is 0.338. The van der Waals surface area contributed by atoms with E-state index in [1.807, 2.05) is 36.4 Å². The number of rotatable bonds is 9. The highest BCUT2D eigenvalue weighted by atomic mass is 19.1. The van der Waals surface area contributed by atoms with Crippen LogP contribution in [0.5, 0.6) is 0 Å². The lowest BCUT2D eigenvalue weighted by Gasteiger charge is -2.32. The normalized spacial score (nSPS) is 15.9. The first-order valence-electron chi connectivity index (χ1n) is 13.3. The van der Waals surface area contributed by atoms with Gasteiger partial charge in [-0.1, -0.05) is 61.5 Å². The number of halogens is 1.